The van der Waals surface area contributed by atoms with Crippen LogP contribution in [0.15, 0.2) is 23.0 Å². The van der Waals surface area contributed by atoms with Gasteiger partial charge in [-0.1, -0.05) is 13.8 Å². The summed E-state index contributed by atoms with van der Waals surface area (Å²) in [5.74, 6) is 0.589. The van der Waals surface area contributed by atoms with Gasteiger partial charge in [-0.05, 0) is 26.0 Å². The molecule has 2 aromatic heterocycles. The van der Waals surface area contributed by atoms with E-state index in [2.05, 4.69) is 34.1 Å². The van der Waals surface area contributed by atoms with Gasteiger partial charge >= 0.3 is 0 Å². The minimum absolute atomic E-state index is 0.136. The van der Waals surface area contributed by atoms with Gasteiger partial charge in [-0.25, -0.2) is 4.98 Å². The molecule has 0 aliphatic carbocycles. The van der Waals surface area contributed by atoms with Crippen molar-refractivity contribution in [3.05, 3.63) is 45.6 Å². The van der Waals surface area contributed by atoms with Crippen molar-refractivity contribution < 1.29 is 0 Å². The fraction of sp³-hybridized carbons (Fsp3) is 0.400. The number of aryl methyl sites for hydroxylation is 2. The summed E-state index contributed by atoms with van der Waals surface area (Å²) in [6.45, 7) is 8.56. The second kappa shape index (κ2) is 5.96. The van der Waals surface area contributed by atoms with Crippen LogP contribution in [-0.2, 0) is 6.54 Å². The second-order valence-corrected chi connectivity index (χ2v) is 5.26. The van der Waals surface area contributed by atoms with Gasteiger partial charge < -0.3 is 10.3 Å². The van der Waals surface area contributed by atoms with Crippen molar-refractivity contribution in [3.63, 3.8) is 0 Å². The Morgan fingerprint density at radius 2 is 1.80 bits per heavy atom. The van der Waals surface area contributed by atoms with Gasteiger partial charge in [0.15, 0.2) is 0 Å². The topological polar surface area (TPSA) is 70.7 Å². The maximum Gasteiger partial charge on any atom is 0.251 e. The molecule has 0 aliphatic rings. The van der Waals surface area contributed by atoms with Crippen molar-refractivity contribution in [2.24, 2.45) is 0 Å². The van der Waals surface area contributed by atoms with Gasteiger partial charge in [-0.3, -0.25) is 9.78 Å². The zero-order valence-electron chi connectivity index (χ0n) is 12.3. The molecule has 106 valence electrons. The highest BCUT2D eigenvalue weighted by atomic mass is 16.1. The molecular weight excluding hydrogens is 252 g/mol. The van der Waals surface area contributed by atoms with Gasteiger partial charge in [0.2, 0.25) is 0 Å². The van der Waals surface area contributed by atoms with Crippen LogP contribution in [0.5, 0.6) is 0 Å². The van der Waals surface area contributed by atoms with E-state index >= 15 is 0 Å². The van der Waals surface area contributed by atoms with Crippen molar-refractivity contribution >= 4 is 0 Å². The summed E-state index contributed by atoms with van der Waals surface area (Å²) in [5, 5.41) is 3.26. The molecule has 0 amide bonds. The minimum atomic E-state index is -0.136. The lowest BCUT2D eigenvalue weighted by Gasteiger charge is -2.09. The predicted octanol–water partition coefficient (Wildman–Crippen LogP) is 1.95. The highest BCUT2D eigenvalue weighted by Gasteiger charge is 2.06. The highest BCUT2D eigenvalue weighted by molar-refractivity contribution is 5.55. The molecule has 0 atom stereocenters. The van der Waals surface area contributed by atoms with Crippen molar-refractivity contribution in [2.75, 3.05) is 0 Å². The summed E-state index contributed by atoms with van der Waals surface area (Å²) in [7, 11) is 0. The predicted molar refractivity (Wildman–Crippen MR) is 79.5 cm³/mol. The molecular formula is C15H20N4O. The third kappa shape index (κ3) is 3.74. The van der Waals surface area contributed by atoms with E-state index in [1.54, 1.807) is 0 Å². The Morgan fingerprint density at radius 1 is 1.15 bits per heavy atom. The van der Waals surface area contributed by atoms with E-state index in [1.165, 1.54) is 6.07 Å². The quantitative estimate of drug-likeness (QED) is 0.892. The lowest BCUT2D eigenvalue weighted by atomic mass is 10.2. The molecule has 0 bridgehead atoms. The Labute approximate surface area is 118 Å². The third-order valence-electron chi connectivity index (χ3n) is 2.84. The van der Waals surface area contributed by atoms with Crippen LogP contribution in [0.25, 0.3) is 11.4 Å². The van der Waals surface area contributed by atoms with Crippen LogP contribution in [0.4, 0.5) is 0 Å². The van der Waals surface area contributed by atoms with E-state index in [0.717, 1.165) is 22.6 Å². The molecule has 0 aliphatic heterocycles. The molecule has 2 rings (SSSR count). The molecule has 0 fully saturated rings. The van der Waals surface area contributed by atoms with Gasteiger partial charge in [-0.15, -0.1) is 0 Å². The van der Waals surface area contributed by atoms with Gasteiger partial charge in [0.25, 0.3) is 5.56 Å². The van der Waals surface area contributed by atoms with Crippen LogP contribution in [0.2, 0.25) is 0 Å². The normalized spacial score (nSPS) is 11.1. The average molecular weight is 272 g/mol. The second-order valence-electron chi connectivity index (χ2n) is 5.26. The summed E-state index contributed by atoms with van der Waals surface area (Å²) in [5.41, 5.74) is 3.31. The maximum absolute atomic E-state index is 11.8. The Morgan fingerprint density at radius 3 is 2.40 bits per heavy atom. The van der Waals surface area contributed by atoms with E-state index in [0.29, 0.717) is 18.4 Å². The minimum Gasteiger partial charge on any atom is -0.309 e. The van der Waals surface area contributed by atoms with E-state index in [4.69, 9.17) is 0 Å². The standard InChI is InChI=1S/C15H20N4O/c1-9(2)16-8-13-7-14(20)19-15(18-13)12-5-10(3)17-11(4)6-12/h5-7,9,16H,8H2,1-4H3,(H,18,19,20). The lowest BCUT2D eigenvalue weighted by molar-refractivity contribution is 0.580. The van der Waals surface area contributed by atoms with Crippen LogP contribution in [0.1, 0.15) is 30.9 Å². The number of nitrogens with one attached hydrogen (secondary N) is 2. The van der Waals surface area contributed by atoms with Crippen LogP contribution in [-0.4, -0.2) is 21.0 Å². The van der Waals surface area contributed by atoms with E-state index < -0.39 is 0 Å². The molecule has 0 radical (unpaired) electrons. The Kier molecular flexibility index (Phi) is 4.29. The first-order valence-electron chi connectivity index (χ1n) is 6.73. The van der Waals surface area contributed by atoms with Crippen LogP contribution < -0.4 is 10.9 Å². The zero-order valence-corrected chi connectivity index (χ0v) is 12.3. The number of aromatic amines is 1. The van der Waals surface area contributed by atoms with Gasteiger partial charge in [-0.2, -0.15) is 0 Å². The highest BCUT2D eigenvalue weighted by Crippen LogP contribution is 2.15. The Balaban J connectivity index is 2.38. The van der Waals surface area contributed by atoms with Gasteiger partial charge in [0, 0.05) is 35.6 Å². The molecule has 2 N–H and O–H groups in total. The summed E-state index contributed by atoms with van der Waals surface area (Å²) in [6.07, 6.45) is 0. The summed E-state index contributed by atoms with van der Waals surface area (Å²) < 4.78 is 0. The smallest absolute Gasteiger partial charge is 0.251 e. The van der Waals surface area contributed by atoms with E-state index in [9.17, 15) is 4.79 Å². The molecule has 2 heterocycles. The molecule has 0 spiro atoms. The van der Waals surface area contributed by atoms with Crippen molar-refractivity contribution in [1.29, 1.82) is 0 Å². The number of pyridine rings is 1. The fourth-order valence-electron chi connectivity index (χ4n) is 2.02. The number of nitrogens with zero attached hydrogens (tertiary/aromatic N) is 2. The molecule has 20 heavy (non-hydrogen) atoms. The van der Waals surface area contributed by atoms with Gasteiger partial charge in [0.05, 0.1) is 5.69 Å². The number of aromatic nitrogens is 3. The first-order chi connectivity index (χ1) is 9.44. The van der Waals surface area contributed by atoms with E-state index in [-0.39, 0.29) is 5.56 Å². The summed E-state index contributed by atoms with van der Waals surface area (Å²) in [6, 6.07) is 5.72. The third-order valence-corrected chi connectivity index (χ3v) is 2.84. The van der Waals surface area contributed by atoms with Crippen LogP contribution in [0.3, 0.4) is 0 Å². The van der Waals surface area contributed by atoms with Crippen molar-refractivity contribution in [2.45, 2.75) is 40.3 Å². The number of H-pyrrole nitrogens is 1. The molecule has 0 aromatic carbocycles. The number of hydrogen-bond acceptors (Lipinski definition) is 4. The largest absolute Gasteiger partial charge is 0.309 e. The van der Waals surface area contributed by atoms with Gasteiger partial charge in [0.1, 0.15) is 5.82 Å². The first kappa shape index (κ1) is 14.4. The average Bonchev–Trinajstić information content (AvgIpc) is 2.34. The lowest BCUT2D eigenvalue weighted by Crippen LogP contribution is -2.24. The van der Waals surface area contributed by atoms with Crippen LogP contribution in [0, 0.1) is 13.8 Å². The zero-order chi connectivity index (χ0) is 14.7. The molecule has 0 saturated heterocycles. The summed E-state index contributed by atoms with van der Waals surface area (Å²) >= 11 is 0. The Hall–Kier alpha value is -2.01. The SMILES string of the molecule is Cc1cc(-c2nc(CNC(C)C)cc(=O)[nH]2)cc(C)n1. The number of hydrogen-bond donors (Lipinski definition) is 2. The van der Waals surface area contributed by atoms with E-state index in [1.807, 2.05) is 26.0 Å². The molecule has 0 saturated carbocycles. The number of rotatable bonds is 4. The van der Waals surface area contributed by atoms with Crippen molar-refractivity contribution in [3.8, 4) is 11.4 Å². The molecule has 5 nitrogen and oxygen atoms in total. The monoisotopic (exact) mass is 272 g/mol. The first-order valence-corrected chi connectivity index (χ1v) is 6.73. The fourth-order valence-corrected chi connectivity index (χ4v) is 2.02. The molecule has 0 unspecified atom stereocenters. The Bertz CT molecular complexity index is 641. The van der Waals surface area contributed by atoms with Crippen molar-refractivity contribution in [1.82, 2.24) is 20.3 Å². The maximum atomic E-state index is 11.8. The summed E-state index contributed by atoms with van der Waals surface area (Å²) in [4.78, 5) is 23.4. The molecule has 2 aromatic rings. The van der Waals surface area contributed by atoms with Crippen LogP contribution >= 0.6 is 0 Å². The molecule has 5 heteroatoms.